The van der Waals surface area contributed by atoms with Crippen molar-refractivity contribution in [2.75, 3.05) is 20.3 Å². The summed E-state index contributed by atoms with van der Waals surface area (Å²) < 4.78 is 9.45. The first-order valence-electron chi connectivity index (χ1n) is 6.40. The van der Waals surface area contributed by atoms with E-state index in [9.17, 15) is 25.2 Å². The molecular formula is C14H20O7. The van der Waals surface area contributed by atoms with Crippen molar-refractivity contribution in [3.8, 4) is 0 Å². The summed E-state index contributed by atoms with van der Waals surface area (Å²) in [6.45, 7) is -0.708. The molecule has 0 aromatic heterocycles. The molecule has 21 heavy (non-hydrogen) atoms. The minimum Gasteiger partial charge on any atom is -0.459 e. The normalized spacial score (nSPS) is 16.8. The fourth-order valence-corrected chi connectivity index (χ4v) is 1.64. The molecule has 1 rings (SSSR count). The maximum Gasteiger partial charge on any atom is 0.338 e. The molecule has 0 spiro atoms. The smallest absolute Gasteiger partial charge is 0.338 e. The van der Waals surface area contributed by atoms with Crippen LogP contribution in [0.1, 0.15) is 10.4 Å². The van der Waals surface area contributed by atoms with Gasteiger partial charge in [0.1, 0.15) is 31.0 Å². The number of hydrogen-bond acceptors (Lipinski definition) is 7. The molecule has 4 atom stereocenters. The van der Waals surface area contributed by atoms with Crippen LogP contribution in [0.25, 0.3) is 0 Å². The number of benzene rings is 1. The summed E-state index contributed by atoms with van der Waals surface area (Å²) in [6.07, 6.45) is -6.17. The van der Waals surface area contributed by atoms with Crippen LogP contribution >= 0.6 is 0 Å². The van der Waals surface area contributed by atoms with Gasteiger partial charge in [0.15, 0.2) is 0 Å². The molecule has 7 heteroatoms. The molecule has 0 amide bonds. The Morgan fingerprint density at radius 3 is 2.05 bits per heavy atom. The Morgan fingerprint density at radius 2 is 1.52 bits per heavy atom. The lowest BCUT2D eigenvalue weighted by atomic mass is 10.0. The summed E-state index contributed by atoms with van der Waals surface area (Å²) in [5, 5.41) is 38.3. The first kappa shape index (κ1) is 17.5. The number of aliphatic hydroxyl groups is 4. The number of aliphatic hydroxyl groups excluding tert-OH is 4. The van der Waals surface area contributed by atoms with E-state index >= 15 is 0 Å². The lowest BCUT2D eigenvalue weighted by Gasteiger charge is -2.25. The number of carbonyl (C=O) groups excluding carboxylic acids is 1. The predicted octanol–water partition coefficient (Wildman–Crippen LogP) is -1.07. The van der Waals surface area contributed by atoms with Gasteiger partial charge in [0.05, 0.1) is 12.2 Å². The van der Waals surface area contributed by atoms with E-state index in [2.05, 4.69) is 4.74 Å². The number of carbonyl (C=O) groups is 1. The first-order chi connectivity index (χ1) is 9.97. The summed E-state index contributed by atoms with van der Waals surface area (Å²) in [6, 6.07) is 8.15. The number of rotatable bonds is 8. The number of methoxy groups -OCH3 is 1. The zero-order valence-electron chi connectivity index (χ0n) is 11.6. The van der Waals surface area contributed by atoms with Gasteiger partial charge in [0, 0.05) is 7.11 Å². The minimum absolute atomic E-state index is 0.200. The Kier molecular flexibility index (Phi) is 7.27. The Morgan fingerprint density at radius 1 is 1.00 bits per heavy atom. The highest BCUT2D eigenvalue weighted by Gasteiger charge is 2.31. The van der Waals surface area contributed by atoms with Gasteiger partial charge in [-0.2, -0.15) is 0 Å². The van der Waals surface area contributed by atoms with Crippen LogP contribution in [-0.4, -0.2) is 71.1 Å². The van der Waals surface area contributed by atoms with Crippen LogP contribution in [0.15, 0.2) is 30.3 Å². The molecule has 0 aliphatic rings. The fraction of sp³-hybridized carbons (Fsp3) is 0.500. The van der Waals surface area contributed by atoms with Crippen molar-refractivity contribution in [1.82, 2.24) is 0 Å². The predicted molar refractivity (Wildman–Crippen MR) is 72.6 cm³/mol. The van der Waals surface area contributed by atoms with E-state index in [1.165, 1.54) is 7.11 Å². The van der Waals surface area contributed by atoms with E-state index in [4.69, 9.17) is 4.74 Å². The van der Waals surface area contributed by atoms with Gasteiger partial charge in [-0.1, -0.05) is 18.2 Å². The van der Waals surface area contributed by atoms with Gasteiger partial charge in [-0.25, -0.2) is 4.79 Å². The lowest BCUT2D eigenvalue weighted by Crippen LogP contribution is -2.47. The topological polar surface area (TPSA) is 116 Å². The van der Waals surface area contributed by atoms with Crippen molar-refractivity contribution >= 4 is 5.97 Å². The molecular weight excluding hydrogens is 280 g/mol. The minimum atomic E-state index is -1.67. The lowest BCUT2D eigenvalue weighted by molar-refractivity contribution is -0.127. The van der Waals surface area contributed by atoms with E-state index in [1.807, 2.05) is 0 Å². The van der Waals surface area contributed by atoms with E-state index < -0.39 is 37.0 Å². The van der Waals surface area contributed by atoms with Crippen molar-refractivity contribution in [3.63, 3.8) is 0 Å². The van der Waals surface area contributed by atoms with Crippen LogP contribution in [0.5, 0.6) is 0 Å². The Balaban J connectivity index is 2.45. The Hall–Kier alpha value is -1.51. The second-order valence-corrected chi connectivity index (χ2v) is 4.54. The highest BCUT2D eigenvalue weighted by molar-refractivity contribution is 5.89. The molecule has 0 radical (unpaired) electrons. The molecule has 0 heterocycles. The molecule has 118 valence electrons. The van der Waals surface area contributed by atoms with Gasteiger partial charge < -0.3 is 29.9 Å². The zero-order chi connectivity index (χ0) is 15.8. The SMILES string of the molecule is COC[C@H](O)[C@H](O)[C@H](O)[C@H](O)COC(=O)c1ccccc1. The van der Waals surface area contributed by atoms with E-state index in [-0.39, 0.29) is 6.61 Å². The Labute approximate surface area is 122 Å². The quantitative estimate of drug-likeness (QED) is 0.452. The van der Waals surface area contributed by atoms with Crippen molar-refractivity contribution in [2.45, 2.75) is 24.4 Å². The zero-order valence-corrected chi connectivity index (χ0v) is 11.6. The summed E-state index contributed by atoms with van der Waals surface area (Å²) in [4.78, 5) is 11.6. The second kappa shape index (κ2) is 8.71. The van der Waals surface area contributed by atoms with E-state index in [0.717, 1.165) is 0 Å². The number of ether oxygens (including phenoxy) is 2. The summed E-state index contributed by atoms with van der Waals surface area (Å²) in [7, 11) is 1.32. The maximum absolute atomic E-state index is 11.6. The Bertz CT molecular complexity index is 423. The molecule has 1 aromatic rings. The highest BCUT2D eigenvalue weighted by atomic mass is 16.5. The molecule has 0 unspecified atom stereocenters. The molecule has 0 fully saturated rings. The largest absolute Gasteiger partial charge is 0.459 e. The maximum atomic E-state index is 11.6. The molecule has 0 saturated heterocycles. The van der Waals surface area contributed by atoms with Gasteiger partial charge >= 0.3 is 5.97 Å². The third-order valence-electron chi connectivity index (χ3n) is 2.87. The average Bonchev–Trinajstić information content (AvgIpc) is 2.51. The molecule has 0 saturated carbocycles. The van der Waals surface area contributed by atoms with Crippen molar-refractivity contribution < 1.29 is 34.7 Å². The van der Waals surface area contributed by atoms with Crippen molar-refractivity contribution in [3.05, 3.63) is 35.9 Å². The molecule has 0 bridgehead atoms. The average molecular weight is 300 g/mol. The van der Waals surface area contributed by atoms with Crippen molar-refractivity contribution in [2.24, 2.45) is 0 Å². The van der Waals surface area contributed by atoms with E-state index in [1.54, 1.807) is 30.3 Å². The van der Waals surface area contributed by atoms with Crippen LogP contribution in [0.4, 0.5) is 0 Å². The number of esters is 1. The summed E-state index contributed by atoms with van der Waals surface area (Å²) >= 11 is 0. The summed E-state index contributed by atoms with van der Waals surface area (Å²) in [5.41, 5.74) is 0.305. The fourth-order valence-electron chi connectivity index (χ4n) is 1.64. The van der Waals surface area contributed by atoms with Crippen LogP contribution in [-0.2, 0) is 9.47 Å². The molecule has 0 aliphatic carbocycles. The third kappa shape index (κ3) is 5.41. The van der Waals surface area contributed by atoms with Gasteiger partial charge in [-0.05, 0) is 12.1 Å². The van der Waals surface area contributed by atoms with Gasteiger partial charge in [0.2, 0.25) is 0 Å². The van der Waals surface area contributed by atoms with E-state index in [0.29, 0.717) is 5.56 Å². The van der Waals surface area contributed by atoms with Crippen LogP contribution < -0.4 is 0 Å². The second-order valence-electron chi connectivity index (χ2n) is 4.54. The highest BCUT2D eigenvalue weighted by Crippen LogP contribution is 2.08. The van der Waals surface area contributed by atoms with Gasteiger partial charge in [-0.15, -0.1) is 0 Å². The first-order valence-corrected chi connectivity index (χ1v) is 6.40. The molecule has 0 aliphatic heterocycles. The van der Waals surface area contributed by atoms with Gasteiger partial charge in [0.25, 0.3) is 0 Å². The van der Waals surface area contributed by atoms with Crippen LogP contribution in [0.2, 0.25) is 0 Å². The molecule has 7 nitrogen and oxygen atoms in total. The van der Waals surface area contributed by atoms with Crippen molar-refractivity contribution in [1.29, 1.82) is 0 Å². The van der Waals surface area contributed by atoms with Gasteiger partial charge in [-0.3, -0.25) is 0 Å². The van der Waals surface area contributed by atoms with Crippen LogP contribution in [0.3, 0.4) is 0 Å². The number of hydrogen-bond donors (Lipinski definition) is 4. The van der Waals surface area contributed by atoms with Crippen LogP contribution in [0, 0.1) is 0 Å². The third-order valence-corrected chi connectivity index (χ3v) is 2.87. The molecule has 4 N–H and O–H groups in total. The standard InChI is InChI=1S/C14H20O7/c1-20-7-10(15)12(17)13(18)11(16)8-21-14(19)9-5-3-2-4-6-9/h2-6,10-13,15-18H,7-8H2,1H3/t10-,11+,12-,13+/m0/s1. The monoisotopic (exact) mass is 300 g/mol. The molecule has 1 aromatic carbocycles. The summed E-state index contributed by atoms with van der Waals surface area (Å²) in [5.74, 6) is -0.659.